The minimum Gasteiger partial charge on any atom is -0.453 e. The highest BCUT2D eigenvalue weighted by Gasteiger charge is 2.21. The monoisotopic (exact) mass is 467 g/mol. The van der Waals surface area contributed by atoms with Crippen LogP contribution in [0.1, 0.15) is 27.2 Å². The second kappa shape index (κ2) is 9.07. The molecule has 4 aromatic rings. The maximum atomic E-state index is 13.1. The second-order valence-corrected chi connectivity index (χ2v) is 8.11. The van der Waals surface area contributed by atoms with Gasteiger partial charge in [0.25, 0.3) is 0 Å². The summed E-state index contributed by atoms with van der Waals surface area (Å²) in [5.74, 6) is -0.0461. The molecule has 1 amide bonds. The minimum absolute atomic E-state index is 0.248. The molecule has 7 heteroatoms. The maximum Gasteiger partial charge on any atom is 0.407 e. The number of halogens is 2. The van der Waals surface area contributed by atoms with Crippen LogP contribution < -0.4 is 5.32 Å². The molecule has 4 rings (SSSR count). The number of nitrogens with one attached hydrogen (secondary N) is 1. The Balaban J connectivity index is 1.67. The molecule has 0 bridgehead atoms. The first-order valence-corrected chi connectivity index (χ1v) is 10.6. The van der Waals surface area contributed by atoms with Crippen LogP contribution in [0.3, 0.4) is 0 Å². The van der Waals surface area contributed by atoms with Crippen LogP contribution in [0.4, 0.5) is 4.79 Å². The van der Waals surface area contributed by atoms with Crippen LogP contribution in [0.25, 0.3) is 22.1 Å². The second-order valence-electron chi connectivity index (χ2n) is 7.27. The Morgan fingerprint density at radius 3 is 2.53 bits per heavy atom. The summed E-state index contributed by atoms with van der Waals surface area (Å²) in [6, 6.07) is 18.3. The highest BCUT2D eigenvalue weighted by Crippen LogP contribution is 2.33. The van der Waals surface area contributed by atoms with Gasteiger partial charge in [-0.05, 0) is 53.9 Å². The number of ketones is 1. The van der Waals surface area contributed by atoms with Crippen LogP contribution in [0, 0.1) is 6.92 Å². The Morgan fingerprint density at radius 2 is 1.78 bits per heavy atom. The van der Waals surface area contributed by atoms with E-state index < -0.39 is 6.09 Å². The zero-order chi connectivity index (χ0) is 22.8. The zero-order valence-corrected chi connectivity index (χ0v) is 18.9. The van der Waals surface area contributed by atoms with Crippen molar-refractivity contribution in [1.82, 2.24) is 5.32 Å². The van der Waals surface area contributed by atoms with Crippen molar-refractivity contribution in [3.8, 4) is 11.1 Å². The lowest BCUT2D eigenvalue weighted by Gasteiger charge is -2.07. The number of fused-ring (bicyclic) bond motifs is 1. The van der Waals surface area contributed by atoms with Gasteiger partial charge < -0.3 is 14.5 Å². The number of ether oxygens (including phenoxy) is 1. The van der Waals surface area contributed by atoms with Gasteiger partial charge >= 0.3 is 6.09 Å². The van der Waals surface area contributed by atoms with Crippen molar-refractivity contribution >= 4 is 46.0 Å². The summed E-state index contributed by atoms with van der Waals surface area (Å²) in [5, 5.41) is 4.26. The normalized spacial score (nSPS) is 10.9. The molecule has 1 aromatic heterocycles. The van der Waals surface area contributed by atoms with E-state index in [1.807, 2.05) is 49.4 Å². The van der Waals surface area contributed by atoms with E-state index in [1.54, 1.807) is 12.1 Å². The van der Waals surface area contributed by atoms with Crippen molar-refractivity contribution in [3.63, 3.8) is 0 Å². The van der Waals surface area contributed by atoms with Gasteiger partial charge in [-0.1, -0.05) is 53.5 Å². The first-order chi connectivity index (χ1) is 15.4. The van der Waals surface area contributed by atoms with Crippen molar-refractivity contribution in [1.29, 1.82) is 0 Å². The largest absolute Gasteiger partial charge is 0.453 e. The topological polar surface area (TPSA) is 68.5 Å². The van der Waals surface area contributed by atoms with E-state index in [2.05, 4.69) is 10.1 Å². The smallest absolute Gasteiger partial charge is 0.407 e. The van der Waals surface area contributed by atoms with Crippen LogP contribution in [0.15, 0.2) is 65.1 Å². The Kier molecular flexibility index (Phi) is 6.21. The number of aryl methyl sites for hydroxylation is 1. The van der Waals surface area contributed by atoms with Gasteiger partial charge in [0.05, 0.1) is 12.1 Å². The van der Waals surface area contributed by atoms with Gasteiger partial charge in [-0.3, -0.25) is 4.79 Å². The number of amides is 1. The van der Waals surface area contributed by atoms with E-state index in [1.165, 1.54) is 13.2 Å². The fraction of sp³-hybridized carbons (Fsp3) is 0.120. The van der Waals surface area contributed by atoms with E-state index in [4.69, 9.17) is 27.6 Å². The molecule has 1 heterocycles. The standard InChI is InChI=1S/C25H19Cl2NO4/c1-14-19-8-6-17(16-5-3-4-15(10-16)13-28-25(30)31-2)11-22(19)32-24(14)23(29)20-9-7-18(26)12-21(20)27/h3-12H,13H2,1-2H3,(H,28,30). The average Bonchev–Trinajstić information content (AvgIpc) is 3.13. The number of benzene rings is 3. The number of carbonyl (C=O) groups excluding carboxylic acids is 2. The Bertz CT molecular complexity index is 1340. The zero-order valence-electron chi connectivity index (χ0n) is 17.4. The highest BCUT2D eigenvalue weighted by molar-refractivity contribution is 6.37. The van der Waals surface area contributed by atoms with Crippen molar-refractivity contribution in [2.75, 3.05) is 7.11 Å². The number of alkyl carbamates (subject to hydrolysis) is 1. The fourth-order valence-electron chi connectivity index (χ4n) is 3.52. The lowest BCUT2D eigenvalue weighted by atomic mass is 10.0. The van der Waals surface area contributed by atoms with Crippen molar-refractivity contribution < 1.29 is 18.7 Å². The summed E-state index contributed by atoms with van der Waals surface area (Å²) in [7, 11) is 1.33. The molecule has 0 aliphatic rings. The van der Waals surface area contributed by atoms with E-state index >= 15 is 0 Å². The molecule has 0 saturated carbocycles. The first-order valence-electron chi connectivity index (χ1n) is 9.81. The van der Waals surface area contributed by atoms with Gasteiger partial charge in [0.1, 0.15) is 5.58 Å². The van der Waals surface area contributed by atoms with Crippen molar-refractivity contribution in [2.45, 2.75) is 13.5 Å². The summed E-state index contributed by atoms with van der Waals surface area (Å²) in [4.78, 5) is 24.4. The predicted molar refractivity (Wildman–Crippen MR) is 126 cm³/mol. The molecule has 0 aliphatic heterocycles. The van der Waals surface area contributed by atoms with Gasteiger partial charge in [-0.15, -0.1) is 0 Å². The molecular formula is C25H19Cl2NO4. The number of furan rings is 1. The molecule has 0 unspecified atom stereocenters. The molecule has 1 N–H and O–H groups in total. The lowest BCUT2D eigenvalue weighted by molar-refractivity contribution is 0.101. The third kappa shape index (κ3) is 4.35. The molecule has 32 heavy (non-hydrogen) atoms. The highest BCUT2D eigenvalue weighted by atomic mass is 35.5. The Hall–Kier alpha value is -3.28. The molecule has 0 radical (unpaired) electrons. The van der Waals surface area contributed by atoms with Crippen molar-refractivity contribution in [2.24, 2.45) is 0 Å². The number of hydrogen-bond donors (Lipinski definition) is 1. The third-order valence-corrected chi connectivity index (χ3v) is 5.75. The predicted octanol–water partition coefficient (Wildman–Crippen LogP) is 6.80. The van der Waals surface area contributed by atoms with E-state index in [0.717, 1.165) is 27.6 Å². The van der Waals surface area contributed by atoms with Gasteiger partial charge in [-0.25, -0.2) is 4.79 Å². The van der Waals surface area contributed by atoms with E-state index in [9.17, 15) is 9.59 Å². The van der Waals surface area contributed by atoms with Gasteiger partial charge in [0, 0.05) is 28.1 Å². The van der Waals surface area contributed by atoms with Crippen LogP contribution in [0.5, 0.6) is 0 Å². The molecular weight excluding hydrogens is 449 g/mol. The molecule has 0 aliphatic carbocycles. The molecule has 3 aromatic carbocycles. The summed E-state index contributed by atoms with van der Waals surface area (Å²) in [5.41, 5.74) is 4.50. The SMILES string of the molecule is COC(=O)NCc1cccc(-c2ccc3c(C)c(C(=O)c4ccc(Cl)cc4Cl)oc3c2)c1. The molecule has 162 valence electrons. The lowest BCUT2D eigenvalue weighted by Crippen LogP contribution is -2.22. The molecule has 0 saturated heterocycles. The summed E-state index contributed by atoms with van der Waals surface area (Å²) >= 11 is 12.2. The Morgan fingerprint density at radius 1 is 1.00 bits per heavy atom. The quantitative estimate of drug-likeness (QED) is 0.327. The number of hydrogen-bond acceptors (Lipinski definition) is 4. The van der Waals surface area contributed by atoms with E-state index in [-0.39, 0.29) is 16.6 Å². The minimum atomic E-state index is -0.485. The third-order valence-electron chi connectivity index (χ3n) is 5.20. The van der Waals surface area contributed by atoms with Gasteiger partial charge in [0.15, 0.2) is 5.76 Å². The number of carbonyl (C=O) groups is 2. The van der Waals surface area contributed by atoms with Crippen molar-refractivity contribution in [3.05, 3.63) is 93.2 Å². The molecule has 5 nitrogen and oxygen atoms in total. The Labute approximate surface area is 194 Å². The fourth-order valence-corrected chi connectivity index (χ4v) is 4.02. The summed E-state index contributed by atoms with van der Waals surface area (Å²) < 4.78 is 10.6. The average molecular weight is 468 g/mol. The van der Waals surface area contributed by atoms with Crippen LogP contribution in [-0.2, 0) is 11.3 Å². The molecule has 0 fully saturated rings. The molecule has 0 spiro atoms. The number of rotatable bonds is 5. The summed E-state index contributed by atoms with van der Waals surface area (Å²) in [6.07, 6.45) is -0.485. The van der Waals surface area contributed by atoms with Crippen LogP contribution in [-0.4, -0.2) is 19.0 Å². The summed E-state index contributed by atoms with van der Waals surface area (Å²) in [6.45, 7) is 2.20. The number of methoxy groups -OCH3 is 1. The van der Waals surface area contributed by atoms with Crippen LogP contribution >= 0.6 is 23.2 Å². The van der Waals surface area contributed by atoms with Gasteiger partial charge in [-0.2, -0.15) is 0 Å². The van der Waals surface area contributed by atoms with E-state index in [0.29, 0.717) is 22.7 Å². The van der Waals surface area contributed by atoms with Gasteiger partial charge in [0.2, 0.25) is 5.78 Å². The first kappa shape index (κ1) is 21.9. The maximum absolute atomic E-state index is 13.1. The van der Waals surface area contributed by atoms with Crippen LogP contribution in [0.2, 0.25) is 10.0 Å². The molecule has 0 atom stereocenters.